The highest BCUT2D eigenvalue weighted by Gasteiger charge is 2.40. The van der Waals surface area contributed by atoms with Crippen molar-refractivity contribution in [2.45, 2.75) is 45.1 Å². The SMILES string of the molecule is CO/C=C1\CCC[C@H]2[C@H]1CCN(C(=O)Cc1c(Cl)ccc3c1c(Cl)nn3C)[C@H]2C. The molecule has 1 saturated heterocycles. The molecule has 1 aromatic heterocycles. The van der Waals surface area contributed by atoms with Gasteiger partial charge in [0.15, 0.2) is 5.15 Å². The lowest BCUT2D eigenvalue weighted by molar-refractivity contribution is -0.136. The fourth-order valence-corrected chi connectivity index (χ4v) is 5.86. The van der Waals surface area contributed by atoms with E-state index in [1.54, 1.807) is 11.8 Å². The summed E-state index contributed by atoms with van der Waals surface area (Å²) in [5.41, 5.74) is 3.05. The highest BCUT2D eigenvalue weighted by atomic mass is 35.5. The monoisotopic (exact) mass is 435 g/mol. The number of carbonyl (C=O) groups is 1. The van der Waals surface area contributed by atoms with E-state index in [2.05, 4.69) is 12.0 Å². The quantitative estimate of drug-likeness (QED) is 0.637. The average molecular weight is 436 g/mol. The van der Waals surface area contributed by atoms with E-state index in [1.807, 2.05) is 30.3 Å². The number of methoxy groups -OCH3 is 1. The second-order valence-electron chi connectivity index (χ2n) is 8.22. The molecule has 5 nitrogen and oxygen atoms in total. The zero-order chi connectivity index (χ0) is 20.7. The van der Waals surface area contributed by atoms with Crippen molar-refractivity contribution in [3.63, 3.8) is 0 Å². The van der Waals surface area contributed by atoms with Crippen LogP contribution in [0.15, 0.2) is 24.0 Å². The van der Waals surface area contributed by atoms with Crippen LogP contribution in [0, 0.1) is 11.8 Å². The molecule has 1 aromatic carbocycles. The number of halogens is 2. The summed E-state index contributed by atoms with van der Waals surface area (Å²) >= 11 is 12.8. The number of allylic oxidation sites excluding steroid dienone is 1. The van der Waals surface area contributed by atoms with Gasteiger partial charge in [-0.2, -0.15) is 5.10 Å². The molecule has 2 aromatic rings. The number of benzene rings is 1. The Labute approximate surface area is 181 Å². The van der Waals surface area contributed by atoms with E-state index >= 15 is 0 Å². The lowest BCUT2D eigenvalue weighted by atomic mass is 9.69. The van der Waals surface area contributed by atoms with Gasteiger partial charge in [-0.1, -0.05) is 23.2 Å². The molecular formula is C22H27Cl2N3O2. The fourth-order valence-electron chi connectivity index (χ4n) is 5.31. The number of piperidine rings is 1. The minimum Gasteiger partial charge on any atom is -0.504 e. The second kappa shape index (κ2) is 8.19. The number of amides is 1. The standard InChI is InChI=1S/C22H27Cl2N3O2/c1-13-15-6-4-5-14(12-29-3)16(15)9-10-27(13)20(28)11-17-18(23)7-8-19-21(17)22(24)25-26(19)2/h7-8,12-13,15-16H,4-6,9-11H2,1-3H3/b14-12+/t13-,15+,16-/m0/s1. The summed E-state index contributed by atoms with van der Waals surface area (Å²) in [5.74, 6) is 1.10. The number of hydrogen-bond acceptors (Lipinski definition) is 3. The van der Waals surface area contributed by atoms with Crippen LogP contribution in [0.1, 0.15) is 38.2 Å². The molecular weight excluding hydrogens is 409 g/mol. The Kier molecular flexibility index (Phi) is 5.80. The Morgan fingerprint density at radius 1 is 1.34 bits per heavy atom. The molecule has 2 aliphatic rings. The molecule has 1 amide bonds. The molecule has 1 aliphatic carbocycles. The molecule has 0 unspecified atom stereocenters. The maximum Gasteiger partial charge on any atom is 0.227 e. The number of aryl methyl sites for hydroxylation is 1. The van der Waals surface area contributed by atoms with Crippen LogP contribution in [0.2, 0.25) is 10.2 Å². The van der Waals surface area contributed by atoms with Gasteiger partial charge >= 0.3 is 0 Å². The molecule has 29 heavy (non-hydrogen) atoms. The van der Waals surface area contributed by atoms with Crippen molar-refractivity contribution >= 4 is 40.0 Å². The highest BCUT2D eigenvalue weighted by Crippen LogP contribution is 2.43. The molecule has 156 valence electrons. The van der Waals surface area contributed by atoms with Crippen LogP contribution in [0.3, 0.4) is 0 Å². The summed E-state index contributed by atoms with van der Waals surface area (Å²) in [6.07, 6.45) is 6.56. The van der Waals surface area contributed by atoms with E-state index in [4.69, 9.17) is 27.9 Å². The predicted molar refractivity (Wildman–Crippen MR) is 116 cm³/mol. The van der Waals surface area contributed by atoms with Crippen molar-refractivity contribution in [3.8, 4) is 0 Å². The molecule has 1 saturated carbocycles. The molecule has 1 aliphatic heterocycles. The van der Waals surface area contributed by atoms with Crippen molar-refractivity contribution < 1.29 is 9.53 Å². The number of rotatable bonds is 3. The smallest absolute Gasteiger partial charge is 0.227 e. The molecule has 0 N–H and O–H groups in total. The third-order valence-corrected chi connectivity index (χ3v) is 7.35. The van der Waals surface area contributed by atoms with Gasteiger partial charge in [0.25, 0.3) is 0 Å². The summed E-state index contributed by atoms with van der Waals surface area (Å²) in [5, 5.41) is 6.02. The van der Waals surface area contributed by atoms with E-state index in [0.717, 1.165) is 48.7 Å². The van der Waals surface area contributed by atoms with Crippen molar-refractivity contribution in [1.82, 2.24) is 14.7 Å². The van der Waals surface area contributed by atoms with E-state index in [9.17, 15) is 4.79 Å². The van der Waals surface area contributed by atoms with Gasteiger partial charge < -0.3 is 9.64 Å². The summed E-state index contributed by atoms with van der Waals surface area (Å²) in [6, 6.07) is 3.91. The van der Waals surface area contributed by atoms with Crippen LogP contribution in [0.25, 0.3) is 10.9 Å². The largest absolute Gasteiger partial charge is 0.504 e. The Morgan fingerprint density at radius 3 is 2.90 bits per heavy atom. The van der Waals surface area contributed by atoms with E-state index in [-0.39, 0.29) is 18.4 Å². The van der Waals surface area contributed by atoms with E-state index < -0.39 is 0 Å². The van der Waals surface area contributed by atoms with Gasteiger partial charge in [0.05, 0.1) is 25.3 Å². The van der Waals surface area contributed by atoms with Crippen molar-refractivity contribution in [2.24, 2.45) is 18.9 Å². The predicted octanol–water partition coefficient (Wildman–Crippen LogP) is 4.99. The molecule has 3 atom stereocenters. The number of fused-ring (bicyclic) bond motifs is 2. The first-order valence-corrected chi connectivity index (χ1v) is 11.0. The van der Waals surface area contributed by atoms with Crippen LogP contribution in [0.4, 0.5) is 0 Å². The van der Waals surface area contributed by atoms with Crippen LogP contribution >= 0.6 is 23.2 Å². The maximum absolute atomic E-state index is 13.3. The Morgan fingerprint density at radius 2 is 2.14 bits per heavy atom. The van der Waals surface area contributed by atoms with Gasteiger partial charge in [-0.25, -0.2) is 0 Å². The van der Waals surface area contributed by atoms with Gasteiger partial charge in [-0.05, 0) is 67.7 Å². The van der Waals surface area contributed by atoms with Crippen LogP contribution in [-0.2, 0) is 23.0 Å². The molecule has 0 bridgehead atoms. The first-order chi connectivity index (χ1) is 13.9. The Bertz CT molecular complexity index is 969. The molecule has 7 heteroatoms. The van der Waals surface area contributed by atoms with Crippen molar-refractivity contribution in [1.29, 1.82) is 0 Å². The van der Waals surface area contributed by atoms with Gasteiger partial charge in [0.1, 0.15) is 0 Å². The maximum atomic E-state index is 13.3. The summed E-state index contributed by atoms with van der Waals surface area (Å²) in [6.45, 7) is 2.94. The molecule has 4 rings (SSSR count). The molecule has 2 heterocycles. The summed E-state index contributed by atoms with van der Waals surface area (Å²) < 4.78 is 7.03. The van der Waals surface area contributed by atoms with Crippen molar-refractivity contribution in [2.75, 3.05) is 13.7 Å². The number of nitrogens with zero attached hydrogens (tertiary/aromatic N) is 3. The normalized spacial score (nSPS) is 26.0. The molecule has 2 fully saturated rings. The summed E-state index contributed by atoms with van der Waals surface area (Å²) in [7, 11) is 3.56. The van der Waals surface area contributed by atoms with Gasteiger partial charge in [0, 0.05) is 30.0 Å². The minimum atomic E-state index is 0.105. The van der Waals surface area contributed by atoms with Gasteiger partial charge in [-0.3, -0.25) is 9.48 Å². The topological polar surface area (TPSA) is 47.4 Å². The van der Waals surface area contributed by atoms with Gasteiger partial charge in [-0.15, -0.1) is 0 Å². The average Bonchev–Trinajstić information content (AvgIpc) is 2.98. The van der Waals surface area contributed by atoms with E-state index in [1.165, 1.54) is 5.57 Å². The number of ether oxygens (including phenoxy) is 1. The first-order valence-electron chi connectivity index (χ1n) is 10.2. The highest BCUT2D eigenvalue weighted by molar-refractivity contribution is 6.37. The fraction of sp³-hybridized carbons (Fsp3) is 0.545. The zero-order valence-corrected chi connectivity index (χ0v) is 18.6. The summed E-state index contributed by atoms with van der Waals surface area (Å²) in [4.78, 5) is 15.4. The number of likely N-dealkylation sites (tertiary alicyclic amines) is 1. The second-order valence-corrected chi connectivity index (χ2v) is 8.98. The van der Waals surface area contributed by atoms with Crippen LogP contribution < -0.4 is 0 Å². The molecule has 0 spiro atoms. The number of hydrogen-bond donors (Lipinski definition) is 0. The minimum absolute atomic E-state index is 0.105. The molecule has 0 radical (unpaired) electrons. The lowest BCUT2D eigenvalue weighted by Gasteiger charge is -2.47. The van der Waals surface area contributed by atoms with Crippen LogP contribution in [0.5, 0.6) is 0 Å². The first kappa shape index (κ1) is 20.5. The third kappa shape index (κ3) is 3.64. The Balaban J connectivity index is 1.58. The van der Waals surface area contributed by atoms with E-state index in [0.29, 0.717) is 22.0 Å². The van der Waals surface area contributed by atoms with Crippen molar-refractivity contribution in [3.05, 3.63) is 39.7 Å². The number of carbonyl (C=O) groups excluding carboxylic acids is 1. The Hall–Kier alpha value is -1.72. The third-order valence-electron chi connectivity index (χ3n) is 6.73. The number of aromatic nitrogens is 2. The lowest BCUT2D eigenvalue weighted by Crippen LogP contribution is -2.52. The van der Waals surface area contributed by atoms with Crippen LogP contribution in [-0.4, -0.2) is 40.3 Å². The zero-order valence-electron chi connectivity index (χ0n) is 17.1. The van der Waals surface area contributed by atoms with Gasteiger partial charge in [0.2, 0.25) is 5.91 Å².